The molecule has 0 fully saturated rings. The molecular formula is C30H34N4O7. The number of nitrogens with two attached hydrogens (primary N) is 1. The van der Waals surface area contributed by atoms with Gasteiger partial charge in [-0.05, 0) is 56.6 Å². The zero-order valence-corrected chi connectivity index (χ0v) is 23.3. The fraction of sp³-hybridized carbons (Fsp3) is 0.333. The molecule has 41 heavy (non-hydrogen) atoms. The number of Topliss-reactive ketones (excluding diaryl/α,β-unsaturated/α-hetero) is 2. The highest BCUT2D eigenvalue weighted by molar-refractivity contribution is 6.25. The summed E-state index contributed by atoms with van der Waals surface area (Å²) >= 11 is 0. The van der Waals surface area contributed by atoms with Crippen LogP contribution in [0, 0.1) is 17.2 Å². The first-order valence-electron chi connectivity index (χ1n) is 12.8. The highest BCUT2D eigenvalue weighted by Crippen LogP contribution is 2.34. The van der Waals surface area contributed by atoms with Gasteiger partial charge in [0.15, 0.2) is 11.6 Å². The van der Waals surface area contributed by atoms with E-state index in [-0.39, 0.29) is 18.4 Å². The van der Waals surface area contributed by atoms with E-state index in [4.69, 9.17) is 11.0 Å². The van der Waals surface area contributed by atoms with Gasteiger partial charge in [0, 0.05) is 37.0 Å². The number of fused-ring (bicyclic) bond motifs is 1. The summed E-state index contributed by atoms with van der Waals surface area (Å²) in [5.74, 6) is -5.77. The maximum atomic E-state index is 13.5. The average Bonchev–Trinajstić information content (AvgIpc) is 2.87. The number of aliphatic hydroxyl groups is 4. The minimum Gasteiger partial charge on any atom is -0.510 e. The van der Waals surface area contributed by atoms with Crippen molar-refractivity contribution < 1.29 is 34.8 Å². The third-order valence-electron chi connectivity index (χ3n) is 7.11. The first-order valence-corrected chi connectivity index (χ1v) is 12.8. The standard InChI is InChI=1S/C30H34N4O7/c1-33(2)19-10-9-18-11-25(39)28(34(3)4)29(40)27(30(32)41)24(38)14-23(37)26(18)22(36)13-21(35)20(12-19)17-7-5-16(15-31)6-8-17/h5-8,10,12-13,18,25,28,35-36,39-40H,9,11,14H2,1-4H3,(H2,32,41)/b19-10?,20-12?,21-13-,26-22?,29-27-/t18-,25-,28-/m0/s1. The predicted molar refractivity (Wildman–Crippen MR) is 151 cm³/mol. The molecule has 0 saturated carbocycles. The third kappa shape index (κ3) is 6.74. The number of ketones is 2. The van der Waals surface area contributed by atoms with Gasteiger partial charge in [0.2, 0.25) is 0 Å². The Morgan fingerprint density at radius 1 is 1.02 bits per heavy atom. The van der Waals surface area contributed by atoms with Crippen molar-refractivity contribution in [2.45, 2.75) is 31.4 Å². The van der Waals surface area contributed by atoms with E-state index in [0.29, 0.717) is 22.4 Å². The lowest BCUT2D eigenvalue weighted by molar-refractivity contribution is -0.125. The van der Waals surface area contributed by atoms with Crippen molar-refractivity contribution in [1.82, 2.24) is 9.80 Å². The minimum absolute atomic E-state index is 0.128. The fourth-order valence-electron chi connectivity index (χ4n) is 5.08. The molecule has 2 aliphatic carbocycles. The second kappa shape index (κ2) is 12.7. The first kappa shape index (κ1) is 30.9. The molecule has 0 bridgehead atoms. The molecule has 0 heterocycles. The molecule has 2 aliphatic rings. The molecule has 0 unspecified atom stereocenters. The number of primary amides is 1. The maximum Gasteiger partial charge on any atom is 0.255 e. The minimum atomic E-state index is -1.40. The van der Waals surface area contributed by atoms with Crippen molar-refractivity contribution in [3.8, 4) is 6.07 Å². The smallest absolute Gasteiger partial charge is 0.255 e. The SMILES string of the molecule is CN(C)C1=CC[C@H]2C[C@H](O)[C@H](N(C)C)/C(O)=C(/C(N)=O)C(=O)CC(=O)C2=C(O)/C=C(\O)C(c2ccc(C#N)cc2)=C1. The molecule has 216 valence electrons. The van der Waals surface area contributed by atoms with Crippen molar-refractivity contribution in [1.29, 1.82) is 5.26 Å². The van der Waals surface area contributed by atoms with Crippen LogP contribution in [0.25, 0.3) is 5.57 Å². The molecule has 1 amide bonds. The Morgan fingerprint density at radius 3 is 2.20 bits per heavy atom. The van der Waals surface area contributed by atoms with Crippen LogP contribution in [0.15, 0.2) is 76.6 Å². The Balaban J connectivity index is 2.28. The van der Waals surface area contributed by atoms with Crippen molar-refractivity contribution in [2.24, 2.45) is 11.7 Å². The second-order valence-corrected chi connectivity index (χ2v) is 10.4. The quantitative estimate of drug-likeness (QED) is 0.269. The summed E-state index contributed by atoms with van der Waals surface area (Å²) in [5.41, 5.74) is 6.22. The number of amides is 1. The van der Waals surface area contributed by atoms with Gasteiger partial charge in [-0.15, -0.1) is 0 Å². The highest BCUT2D eigenvalue weighted by Gasteiger charge is 2.38. The van der Waals surface area contributed by atoms with E-state index in [9.17, 15) is 34.8 Å². The molecule has 0 radical (unpaired) electrons. The lowest BCUT2D eigenvalue weighted by atomic mass is 9.80. The van der Waals surface area contributed by atoms with Gasteiger partial charge in [-0.1, -0.05) is 18.2 Å². The van der Waals surface area contributed by atoms with Crippen LogP contribution in [-0.4, -0.2) is 88.0 Å². The van der Waals surface area contributed by atoms with Gasteiger partial charge in [0.1, 0.15) is 22.9 Å². The van der Waals surface area contributed by atoms with Gasteiger partial charge in [0.05, 0.1) is 30.2 Å². The summed E-state index contributed by atoms with van der Waals surface area (Å²) in [4.78, 5) is 41.9. The van der Waals surface area contributed by atoms with Gasteiger partial charge in [-0.25, -0.2) is 0 Å². The normalized spacial score (nSPS) is 25.8. The Hall–Kier alpha value is -4.66. The summed E-state index contributed by atoms with van der Waals surface area (Å²) < 4.78 is 0. The summed E-state index contributed by atoms with van der Waals surface area (Å²) in [7, 11) is 6.63. The monoisotopic (exact) mass is 562 g/mol. The summed E-state index contributed by atoms with van der Waals surface area (Å²) in [6.07, 6.45) is 2.14. The van der Waals surface area contributed by atoms with E-state index in [0.717, 1.165) is 6.08 Å². The van der Waals surface area contributed by atoms with Crippen LogP contribution in [0.2, 0.25) is 0 Å². The van der Waals surface area contributed by atoms with E-state index in [1.165, 1.54) is 19.0 Å². The van der Waals surface area contributed by atoms with Gasteiger partial charge < -0.3 is 31.1 Å². The molecule has 6 N–H and O–H groups in total. The second-order valence-electron chi connectivity index (χ2n) is 10.4. The maximum absolute atomic E-state index is 13.5. The Labute approximate surface area is 238 Å². The van der Waals surface area contributed by atoms with Gasteiger partial charge in [-0.3, -0.25) is 19.3 Å². The van der Waals surface area contributed by atoms with Crippen molar-refractivity contribution in [2.75, 3.05) is 28.2 Å². The average molecular weight is 563 g/mol. The van der Waals surface area contributed by atoms with Gasteiger partial charge in [0.25, 0.3) is 5.91 Å². The number of allylic oxidation sites excluding steroid dienone is 5. The largest absolute Gasteiger partial charge is 0.510 e. The van der Waals surface area contributed by atoms with Crippen LogP contribution in [-0.2, 0) is 14.4 Å². The molecule has 1 aromatic rings. The summed E-state index contributed by atoms with van der Waals surface area (Å²) in [5, 5.41) is 53.6. The van der Waals surface area contributed by atoms with Crippen LogP contribution in [0.1, 0.15) is 30.4 Å². The number of aliphatic hydroxyl groups excluding tert-OH is 4. The number of nitrogens with zero attached hydrogens (tertiary/aromatic N) is 3. The zero-order valence-electron chi connectivity index (χ0n) is 23.3. The number of rotatable bonds is 4. The van der Waals surface area contributed by atoms with Crippen LogP contribution < -0.4 is 5.73 Å². The number of carbonyl (C=O) groups excluding carboxylic acids is 3. The molecule has 11 nitrogen and oxygen atoms in total. The van der Waals surface area contributed by atoms with Crippen LogP contribution in [0.4, 0.5) is 0 Å². The van der Waals surface area contributed by atoms with E-state index < -0.39 is 64.8 Å². The van der Waals surface area contributed by atoms with Crippen LogP contribution in [0.5, 0.6) is 0 Å². The van der Waals surface area contributed by atoms with Gasteiger partial charge in [-0.2, -0.15) is 5.26 Å². The topological polar surface area (TPSA) is 188 Å². The molecule has 3 rings (SSSR count). The first-order chi connectivity index (χ1) is 19.3. The van der Waals surface area contributed by atoms with Crippen molar-refractivity contribution in [3.05, 3.63) is 87.7 Å². The van der Waals surface area contributed by atoms with Crippen molar-refractivity contribution in [3.63, 3.8) is 0 Å². The molecule has 0 spiro atoms. The van der Waals surface area contributed by atoms with E-state index in [1.54, 1.807) is 55.4 Å². The van der Waals surface area contributed by atoms with E-state index in [2.05, 4.69) is 0 Å². The summed E-state index contributed by atoms with van der Waals surface area (Å²) in [6, 6.07) is 7.24. The Bertz CT molecular complexity index is 1440. The zero-order chi connectivity index (χ0) is 30.6. The van der Waals surface area contributed by atoms with Crippen molar-refractivity contribution >= 4 is 23.0 Å². The molecule has 3 atom stereocenters. The molecule has 1 aromatic carbocycles. The van der Waals surface area contributed by atoms with Gasteiger partial charge >= 0.3 is 0 Å². The number of hydrogen-bond donors (Lipinski definition) is 5. The molecule has 0 aromatic heterocycles. The number of carbonyl (C=O) groups is 3. The number of nitriles is 1. The summed E-state index contributed by atoms with van der Waals surface area (Å²) in [6.45, 7) is 0. The Morgan fingerprint density at radius 2 is 1.66 bits per heavy atom. The lowest BCUT2D eigenvalue weighted by Crippen LogP contribution is -2.44. The molecule has 0 saturated heterocycles. The predicted octanol–water partition coefficient (Wildman–Crippen LogP) is 2.18. The number of hydrogen-bond acceptors (Lipinski definition) is 10. The van der Waals surface area contributed by atoms with Crippen LogP contribution >= 0.6 is 0 Å². The Kier molecular flexibility index (Phi) is 9.55. The number of benzene rings is 1. The fourth-order valence-corrected chi connectivity index (χ4v) is 5.08. The molecular weight excluding hydrogens is 528 g/mol. The third-order valence-corrected chi connectivity index (χ3v) is 7.11. The van der Waals surface area contributed by atoms with E-state index in [1.807, 2.05) is 6.07 Å². The number of likely N-dealkylation sites (N-methyl/N-ethyl adjacent to an activating group) is 2. The molecule has 11 heteroatoms. The highest BCUT2D eigenvalue weighted by atomic mass is 16.3. The lowest BCUT2D eigenvalue weighted by Gasteiger charge is -2.33. The molecule has 0 aliphatic heterocycles. The van der Waals surface area contributed by atoms with E-state index >= 15 is 0 Å². The van der Waals surface area contributed by atoms with Crippen LogP contribution in [0.3, 0.4) is 0 Å².